The van der Waals surface area contributed by atoms with Crippen molar-refractivity contribution in [1.29, 1.82) is 0 Å². The van der Waals surface area contributed by atoms with Crippen LogP contribution in [0, 0.1) is 5.41 Å². The van der Waals surface area contributed by atoms with Crippen LogP contribution in [0.1, 0.15) is 44.9 Å². The Bertz CT molecular complexity index is 454. The average Bonchev–Trinajstić information content (AvgIpc) is 2.79. The number of halogens is 4. The van der Waals surface area contributed by atoms with Crippen LogP contribution in [-0.2, 0) is 9.59 Å². The summed E-state index contributed by atoms with van der Waals surface area (Å²) in [5.41, 5.74) is 5.61. The molecule has 1 saturated carbocycles. The third-order valence-corrected chi connectivity index (χ3v) is 4.89. The van der Waals surface area contributed by atoms with Gasteiger partial charge in [-0.1, -0.05) is 19.3 Å². The average molecular weight is 372 g/mol. The molecule has 0 aromatic heterocycles. The van der Waals surface area contributed by atoms with Crippen molar-refractivity contribution < 1.29 is 22.8 Å². The molecule has 1 aliphatic carbocycles. The molecule has 2 rings (SSSR count). The van der Waals surface area contributed by atoms with Crippen LogP contribution in [0.3, 0.4) is 0 Å². The highest BCUT2D eigenvalue weighted by molar-refractivity contribution is 5.89. The van der Waals surface area contributed by atoms with E-state index in [-0.39, 0.29) is 43.1 Å². The largest absolute Gasteiger partial charge is 0.406 e. The molecule has 1 aliphatic heterocycles. The Balaban J connectivity index is 0.00000288. The molecule has 1 heterocycles. The summed E-state index contributed by atoms with van der Waals surface area (Å²) in [6, 6.07) is -0.844. The van der Waals surface area contributed by atoms with Gasteiger partial charge in [0.25, 0.3) is 0 Å². The van der Waals surface area contributed by atoms with Gasteiger partial charge in [0.2, 0.25) is 11.8 Å². The minimum absolute atomic E-state index is 0. The summed E-state index contributed by atoms with van der Waals surface area (Å²) in [6.07, 6.45) is 1.02. The van der Waals surface area contributed by atoms with Gasteiger partial charge in [-0.15, -0.1) is 12.4 Å². The van der Waals surface area contributed by atoms with Crippen LogP contribution in [0.15, 0.2) is 0 Å². The van der Waals surface area contributed by atoms with Crippen LogP contribution in [0.4, 0.5) is 13.2 Å². The van der Waals surface area contributed by atoms with Crippen molar-refractivity contribution in [3.63, 3.8) is 0 Å². The number of alkyl halides is 3. The molecular formula is C15H25ClF3N3O2. The summed E-state index contributed by atoms with van der Waals surface area (Å²) in [5, 5.41) is 2.60. The third kappa shape index (κ3) is 5.51. The number of hydrogen-bond donors (Lipinski definition) is 2. The second kappa shape index (κ2) is 8.38. The van der Waals surface area contributed by atoms with E-state index in [4.69, 9.17) is 5.73 Å². The molecule has 0 aromatic rings. The van der Waals surface area contributed by atoms with Crippen LogP contribution < -0.4 is 11.1 Å². The summed E-state index contributed by atoms with van der Waals surface area (Å²) < 4.78 is 37.1. The molecule has 1 unspecified atom stereocenters. The third-order valence-electron chi connectivity index (χ3n) is 4.89. The minimum atomic E-state index is -4.42. The summed E-state index contributed by atoms with van der Waals surface area (Å²) in [4.78, 5) is 24.9. The normalized spacial score (nSPS) is 23.8. The Kier molecular flexibility index (Phi) is 7.34. The van der Waals surface area contributed by atoms with Gasteiger partial charge in [-0.2, -0.15) is 13.2 Å². The van der Waals surface area contributed by atoms with Crippen LogP contribution >= 0.6 is 12.4 Å². The minimum Gasteiger partial charge on any atom is -0.344 e. The van der Waals surface area contributed by atoms with Gasteiger partial charge in [-0.3, -0.25) is 9.59 Å². The SMILES string of the molecule is Cl.NCC1(CC(=O)NC2CCN(CC(F)(F)F)C2=O)CCCCC1. The first-order valence-electron chi connectivity index (χ1n) is 8.10. The second-order valence-corrected chi connectivity index (χ2v) is 6.73. The Morgan fingerprint density at radius 1 is 1.29 bits per heavy atom. The van der Waals surface area contributed by atoms with Crippen LogP contribution in [0.2, 0.25) is 0 Å². The van der Waals surface area contributed by atoms with Crippen molar-refractivity contribution in [1.82, 2.24) is 10.2 Å². The highest BCUT2D eigenvalue weighted by Gasteiger charge is 2.40. The zero-order valence-corrected chi connectivity index (χ0v) is 14.3. The molecule has 5 nitrogen and oxygen atoms in total. The number of carbonyl (C=O) groups excluding carboxylic acids is 2. The fourth-order valence-electron chi connectivity index (χ4n) is 3.59. The maximum atomic E-state index is 12.4. The first-order valence-corrected chi connectivity index (χ1v) is 8.10. The molecular weight excluding hydrogens is 347 g/mol. The highest BCUT2D eigenvalue weighted by Crippen LogP contribution is 2.38. The lowest BCUT2D eigenvalue weighted by Crippen LogP contribution is -2.46. The van der Waals surface area contributed by atoms with E-state index in [9.17, 15) is 22.8 Å². The fraction of sp³-hybridized carbons (Fsp3) is 0.867. The van der Waals surface area contributed by atoms with Crippen molar-refractivity contribution in [2.75, 3.05) is 19.6 Å². The molecule has 2 aliphatic rings. The maximum Gasteiger partial charge on any atom is 0.406 e. The van der Waals surface area contributed by atoms with Crippen LogP contribution in [-0.4, -0.2) is 48.6 Å². The molecule has 3 N–H and O–H groups in total. The first kappa shape index (κ1) is 21.0. The number of hydrogen-bond acceptors (Lipinski definition) is 3. The van der Waals surface area contributed by atoms with Crippen molar-refractivity contribution in [3.05, 3.63) is 0 Å². The molecule has 0 aromatic carbocycles. The number of carbonyl (C=O) groups is 2. The molecule has 2 fully saturated rings. The molecule has 0 bridgehead atoms. The summed E-state index contributed by atoms with van der Waals surface area (Å²) >= 11 is 0. The molecule has 0 spiro atoms. The van der Waals surface area contributed by atoms with Crippen molar-refractivity contribution in [3.8, 4) is 0 Å². The summed E-state index contributed by atoms with van der Waals surface area (Å²) in [5.74, 6) is -0.939. The number of amides is 2. The zero-order valence-electron chi connectivity index (χ0n) is 13.5. The zero-order chi connectivity index (χ0) is 17.1. The Labute approximate surface area is 145 Å². The maximum absolute atomic E-state index is 12.4. The molecule has 140 valence electrons. The standard InChI is InChI=1S/C15H24F3N3O2.ClH/c16-15(17,18)10-21-7-4-11(13(21)23)20-12(22)8-14(9-19)5-2-1-3-6-14;/h11H,1-10,19H2,(H,20,22);1H. The lowest BCUT2D eigenvalue weighted by atomic mass is 9.71. The Morgan fingerprint density at radius 3 is 2.46 bits per heavy atom. The molecule has 24 heavy (non-hydrogen) atoms. The molecule has 9 heteroatoms. The van der Waals surface area contributed by atoms with E-state index in [1.54, 1.807) is 0 Å². The lowest BCUT2D eigenvalue weighted by Gasteiger charge is -2.35. The van der Waals surface area contributed by atoms with E-state index in [0.717, 1.165) is 37.0 Å². The van der Waals surface area contributed by atoms with E-state index >= 15 is 0 Å². The first-order chi connectivity index (χ1) is 10.7. The number of nitrogens with two attached hydrogens (primary N) is 1. The fourth-order valence-corrected chi connectivity index (χ4v) is 3.59. The number of nitrogens with one attached hydrogen (secondary N) is 1. The van der Waals surface area contributed by atoms with Crippen LogP contribution in [0.5, 0.6) is 0 Å². The van der Waals surface area contributed by atoms with Gasteiger partial charge >= 0.3 is 6.18 Å². The smallest absolute Gasteiger partial charge is 0.344 e. The number of likely N-dealkylation sites (tertiary alicyclic amines) is 1. The van der Waals surface area contributed by atoms with Gasteiger partial charge in [0.1, 0.15) is 12.6 Å². The van der Waals surface area contributed by atoms with E-state index in [0.29, 0.717) is 6.54 Å². The lowest BCUT2D eigenvalue weighted by molar-refractivity contribution is -0.158. The van der Waals surface area contributed by atoms with Crippen molar-refractivity contribution >= 4 is 24.2 Å². The number of nitrogens with zero attached hydrogens (tertiary/aromatic N) is 1. The van der Waals surface area contributed by atoms with Gasteiger partial charge in [0, 0.05) is 13.0 Å². The molecule has 1 atom stereocenters. The quantitative estimate of drug-likeness (QED) is 0.776. The second-order valence-electron chi connectivity index (χ2n) is 6.73. The topological polar surface area (TPSA) is 75.4 Å². The Morgan fingerprint density at radius 2 is 1.92 bits per heavy atom. The van der Waals surface area contributed by atoms with Gasteiger partial charge in [0.05, 0.1) is 0 Å². The van der Waals surface area contributed by atoms with Gasteiger partial charge < -0.3 is 16.0 Å². The van der Waals surface area contributed by atoms with E-state index < -0.39 is 24.7 Å². The summed E-state index contributed by atoms with van der Waals surface area (Å²) in [6.45, 7) is -0.824. The molecule has 0 radical (unpaired) electrons. The monoisotopic (exact) mass is 371 g/mol. The highest BCUT2D eigenvalue weighted by atomic mass is 35.5. The van der Waals surface area contributed by atoms with Gasteiger partial charge in [-0.05, 0) is 31.2 Å². The molecule has 1 saturated heterocycles. The van der Waals surface area contributed by atoms with Crippen molar-refractivity contribution in [2.24, 2.45) is 11.1 Å². The van der Waals surface area contributed by atoms with Crippen LogP contribution in [0.25, 0.3) is 0 Å². The van der Waals surface area contributed by atoms with E-state index in [2.05, 4.69) is 5.32 Å². The van der Waals surface area contributed by atoms with E-state index in [1.165, 1.54) is 0 Å². The Hall–Kier alpha value is -1.02. The van der Waals surface area contributed by atoms with E-state index in [1.807, 2.05) is 0 Å². The predicted octanol–water partition coefficient (Wildman–Crippen LogP) is 1.99. The van der Waals surface area contributed by atoms with Gasteiger partial charge in [0.15, 0.2) is 0 Å². The van der Waals surface area contributed by atoms with Gasteiger partial charge in [-0.25, -0.2) is 0 Å². The number of rotatable bonds is 5. The summed E-state index contributed by atoms with van der Waals surface area (Å²) in [7, 11) is 0. The van der Waals surface area contributed by atoms with Crippen molar-refractivity contribution in [2.45, 2.75) is 57.2 Å². The molecule has 2 amide bonds. The predicted molar refractivity (Wildman–Crippen MR) is 85.6 cm³/mol.